The van der Waals surface area contributed by atoms with Gasteiger partial charge in [-0.05, 0) is 38.4 Å². The van der Waals surface area contributed by atoms with Gasteiger partial charge in [0.25, 0.3) is 0 Å². The van der Waals surface area contributed by atoms with Crippen LogP contribution in [0.3, 0.4) is 0 Å². The molecule has 1 aliphatic heterocycles. The average Bonchev–Trinajstić information content (AvgIpc) is 2.61. The molecule has 0 bridgehead atoms. The molecule has 3 heteroatoms. The quantitative estimate of drug-likeness (QED) is 0.816. The molecule has 0 aromatic carbocycles. The molecule has 0 fully saturated rings. The molecular formula is C13H21NOS. The normalized spacial score (nSPS) is 24.4. The maximum atomic E-state index is 6.00. The molecule has 16 heavy (non-hydrogen) atoms. The summed E-state index contributed by atoms with van der Waals surface area (Å²) in [6.45, 7) is 9.43. The Morgan fingerprint density at radius 2 is 2.38 bits per heavy atom. The van der Waals surface area contributed by atoms with Crippen LogP contribution in [-0.4, -0.2) is 19.7 Å². The Balaban J connectivity index is 2.15. The van der Waals surface area contributed by atoms with E-state index in [-0.39, 0.29) is 5.60 Å². The minimum atomic E-state index is -0.118. The van der Waals surface area contributed by atoms with E-state index in [1.54, 1.807) is 0 Å². The van der Waals surface area contributed by atoms with Crippen LogP contribution < -0.4 is 5.32 Å². The van der Waals surface area contributed by atoms with Gasteiger partial charge in [-0.2, -0.15) is 0 Å². The molecule has 90 valence electrons. The lowest BCUT2D eigenvalue weighted by Crippen LogP contribution is -2.41. The SMILES string of the molecule is CCCNC[C@@]1(C)OCCc2sc(C)cc21. The van der Waals surface area contributed by atoms with Gasteiger partial charge in [-0.25, -0.2) is 0 Å². The minimum absolute atomic E-state index is 0.118. The first kappa shape index (κ1) is 12.1. The Morgan fingerprint density at radius 1 is 1.56 bits per heavy atom. The number of nitrogens with one attached hydrogen (secondary N) is 1. The van der Waals surface area contributed by atoms with Crippen molar-refractivity contribution in [1.82, 2.24) is 5.32 Å². The van der Waals surface area contributed by atoms with Gasteiger partial charge in [-0.1, -0.05) is 6.92 Å². The average molecular weight is 239 g/mol. The fraction of sp³-hybridized carbons (Fsp3) is 0.692. The third-order valence-electron chi connectivity index (χ3n) is 3.14. The number of rotatable bonds is 4. The smallest absolute Gasteiger partial charge is 0.104 e. The van der Waals surface area contributed by atoms with Crippen LogP contribution in [-0.2, 0) is 16.8 Å². The van der Waals surface area contributed by atoms with E-state index in [0.717, 1.165) is 26.1 Å². The molecular weight excluding hydrogens is 218 g/mol. The number of thiophene rings is 1. The van der Waals surface area contributed by atoms with E-state index in [9.17, 15) is 0 Å². The van der Waals surface area contributed by atoms with E-state index >= 15 is 0 Å². The summed E-state index contributed by atoms with van der Waals surface area (Å²) in [4.78, 5) is 2.92. The first-order valence-corrected chi connectivity index (χ1v) is 6.92. The van der Waals surface area contributed by atoms with Crippen LogP contribution in [0.15, 0.2) is 6.07 Å². The largest absolute Gasteiger partial charge is 0.369 e. The van der Waals surface area contributed by atoms with Crippen molar-refractivity contribution in [2.45, 2.75) is 39.2 Å². The van der Waals surface area contributed by atoms with Crippen LogP contribution in [0, 0.1) is 6.92 Å². The van der Waals surface area contributed by atoms with E-state index in [1.165, 1.54) is 21.7 Å². The Morgan fingerprint density at radius 3 is 3.12 bits per heavy atom. The second-order valence-corrected chi connectivity index (χ2v) is 6.04. The first-order valence-electron chi connectivity index (χ1n) is 6.10. The van der Waals surface area contributed by atoms with Gasteiger partial charge in [0, 0.05) is 22.7 Å². The van der Waals surface area contributed by atoms with Gasteiger partial charge in [0.2, 0.25) is 0 Å². The third-order valence-corrected chi connectivity index (χ3v) is 4.25. The molecule has 2 rings (SSSR count). The second kappa shape index (κ2) is 4.86. The van der Waals surface area contributed by atoms with Crippen molar-refractivity contribution in [2.24, 2.45) is 0 Å². The van der Waals surface area contributed by atoms with Gasteiger partial charge in [-0.3, -0.25) is 0 Å². The third kappa shape index (κ3) is 2.31. The lowest BCUT2D eigenvalue weighted by molar-refractivity contribution is -0.0436. The van der Waals surface area contributed by atoms with Gasteiger partial charge < -0.3 is 10.1 Å². The highest BCUT2D eigenvalue weighted by Crippen LogP contribution is 2.37. The molecule has 0 spiro atoms. The number of hydrogen-bond donors (Lipinski definition) is 1. The highest BCUT2D eigenvalue weighted by Gasteiger charge is 2.34. The van der Waals surface area contributed by atoms with Crippen molar-refractivity contribution in [2.75, 3.05) is 19.7 Å². The molecule has 0 unspecified atom stereocenters. The molecule has 2 heterocycles. The summed E-state index contributed by atoms with van der Waals surface area (Å²) in [5.74, 6) is 0. The minimum Gasteiger partial charge on any atom is -0.369 e. The molecule has 0 amide bonds. The molecule has 0 radical (unpaired) electrons. The van der Waals surface area contributed by atoms with Gasteiger partial charge in [0.15, 0.2) is 0 Å². The highest BCUT2D eigenvalue weighted by atomic mass is 32.1. The molecule has 1 aromatic rings. The predicted octanol–water partition coefficient (Wildman–Crippen LogP) is 2.84. The number of aryl methyl sites for hydroxylation is 1. The number of ether oxygens (including phenoxy) is 1. The fourth-order valence-electron chi connectivity index (χ4n) is 2.29. The molecule has 1 aromatic heterocycles. The van der Waals surface area contributed by atoms with E-state index < -0.39 is 0 Å². The molecule has 2 nitrogen and oxygen atoms in total. The van der Waals surface area contributed by atoms with E-state index in [4.69, 9.17) is 4.74 Å². The lowest BCUT2D eigenvalue weighted by Gasteiger charge is -2.34. The van der Waals surface area contributed by atoms with Crippen molar-refractivity contribution in [3.8, 4) is 0 Å². The van der Waals surface area contributed by atoms with Crippen molar-refractivity contribution >= 4 is 11.3 Å². The molecule has 1 N–H and O–H groups in total. The Bertz CT molecular complexity index is 361. The van der Waals surface area contributed by atoms with E-state index in [2.05, 4.69) is 32.2 Å². The van der Waals surface area contributed by atoms with Crippen LogP contribution >= 0.6 is 11.3 Å². The van der Waals surface area contributed by atoms with E-state index in [1.807, 2.05) is 11.3 Å². The van der Waals surface area contributed by atoms with Crippen LogP contribution in [0.2, 0.25) is 0 Å². The molecule has 0 aliphatic carbocycles. The zero-order chi connectivity index (χ0) is 11.6. The summed E-state index contributed by atoms with van der Waals surface area (Å²) in [7, 11) is 0. The zero-order valence-electron chi connectivity index (χ0n) is 10.4. The summed E-state index contributed by atoms with van der Waals surface area (Å²) in [5, 5.41) is 3.48. The maximum absolute atomic E-state index is 6.00. The van der Waals surface area contributed by atoms with Crippen LogP contribution in [0.25, 0.3) is 0 Å². The maximum Gasteiger partial charge on any atom is 0.104 e. The molecule has 1 atom stereocenters. The summed E-state index contributed by atoms with van der Waals surface area (Å²) >= 11 is 1.92. The van der Waals surface area contributed by atoms with Gasteiger partial charge in [0.1, 0.15) is 5.60 Å². The predicted molar refractivity (Wildman–Crippen MR) is 69.2 cm³/mol. The molecule has 0 saturated carbocycles. The molecule has 1 aliphatic rings. The summed E-state index contributed by atoms with van der Waals surface area (Å²) in [6, 6.07) is 2.30. The Kier molecular flexibility index (Phi) is 3.67. The van der Waals surface area contributed by atoms with Crippen molar-refractivity contribution in [3.63, 3.8) is 0 Å². The summed E-state index contributed by atoms with van der Waals surface area (Å²) in [5.41, 5.74) is 1.29. The molecule has 0 saturated heterocycles. The van der Waals surface area contributed by atoms with Gasteiger partial charge in [-0.15, -0.1) is 11.3 Å². The highest BCUT2D eigenvalue weighted by molar-refractivity contribution is 7.12. The van der Waals surface area contributed by atoms with Crippen LogP contribution in [0.5, 0.6) is 0 Å². The zero-order valence-corrected chi connectivity index (χ0v) is 11.2. The van der Waals surface area contributed by atoms with Crippen LogP contribution in [0.4, 0.5) is 0 Å². The number of fused-ring (bicyclic) bond motifs is 1. The number of hydrogen-bond acceptors (Lipinski definition) is 3. The second-order valence-electron chi connectivity index (χ2n) is 4.70. The van der Waals surface area contributed by atoms with Crippen molar-refractivity contribution in [1.29, 1.82) is 0 Å². The van der Waals surface area contributed by atoms with Crippen molar-refractivity contribution in [3.05, 3.63) is 21.4 Å². The first-order chi connectivity index (χ1) is 7.65. The fourth-order valence-corrected chi connectivity index (χ4v) is 3.43. The summed E-state index contributed by atoms with van der Waals surface area (Å²) < 4.78 is 6.00. The standard InChI is InChI=1S/C13H21NOS/c1-4-6-14-9-13(3)11-8-10(2)16-12(11)5-7-15-13/h8,14H,4-7,9H2,1-3H3/t13-/m1/s1. The Labute approximate surface area is 102 Å². The van der Waals surface area contributed by atoms with Crippen molar-refractivity contribution < 1.29 is 4.74 Å². The van der Waals surface area contributed by atoms with Gasteiger partial charge >= 0.3 is 0 Å². The Hall–Kier alpha value is -0.380. The summed E-state index contributed by atoms with van der Waals surface area (Å²) in [6.07, 6.45) is 2.25. The van der Waals surface area contributed by atoms with Crippen LogP contribution in [0.1, 0.15) is 35.6 Å². The lowest BCUT2D eigenvalue weighted by atomic mass is 9.92. The van der Waals surface area contributed by atoms with E-state index in [0.29, 0.717) is 0 Å². The topological polar surface area (TPSA) is 21.3 Å². The monoisotopic (exact) mass is 239 g/mol. The van der Waals surface area contributed by atoms with Gasteiger partial charge in [0.05, 0.1) is 6.61 Å².